The van der Waals surface area contributed by atoms with E-state index in [9.17, 15) is 0 Å². The molecular formula is C7H8ClN5O. The summed E-state index contributed by atoms with van der Waals surface area (Å²) in [7, 11) is 0. The second-order valence-corrected chi connectivity index (χ2v) is 3.21. The predicted octanol–water partition coefficient (Wildman–Crippen LogP) is 0.503. The van der Waals surface area contributed by atoms with Crippen molar-refractivity contribution in [2.45, 2.75) is 6.92 Å². The minimum Gasteiger partial charge on any atom is -0.383 e. The smallest absolute Gasteiger partial charge is 0.263 e. The minimum atomic E-state index is 0.323. The molecule has 1 aliphatic heterocycles. The van der Waals surface area contributed by atoms with Crippen LogP contribution in [0.2, 0.25) is 0 Å². The second-order valence-electron chi connectivity index (χ2n) is 2.77. The number of halogens is 1. The van der Waals surface area contributed by atoms with Gasteiger partial charge in [-0.25, -0.2) is 4.99 Å². The largest absolute Gasteiger partial charge is 0.383 e. The van der Waals surface area contributed by atoms with E-state index >= 15 is 0 Å². The summed E-state index contributed by atoms with van der Waals surface area (Å²) < 4.78 is 6.31. The van der Waals surface area contributed by atoms with Crippen LogP contribution in [-0.4, -0.2) is 27.1 Å². The van der Waals surface area contributed by atoms with Crippen LogP contribution in [0.5, 0.6) is 0 Å². The number of nitrogens with two attached hydrogens (primary N) is 1. The minimum absolute atomic E-state index is 0.323. The van der Waals surface area contributed by atoms with E-state index < -0.39 is 0 Å². The average Bonchev–Trinajstić information content (AvgIpc) is 2.56. The molecule has 0 fully saturated rings. The van der Waals surface area contributed by atoms with Crippen molar-refractivity contribution in [3.63, 3.8) is 0 Å². The molecule has 0 aromatic carbocycles. The van der Waals surface area contributed by atoms with Crippen LogP contribution in [0.4, 0.5) is 0 Å². The van der Waals surface area contributed by atoms with E-state index in [1.807, 2.05) is 0 Å². The molecule has 1 aliphatic rings. The number of nitrogens with zero attached hydrogens (tertiary/aromatic N) is 4. The molecule has 2 N–H and O–H groups in total. The van der Waals surface area contributed by atoms with Gasteiger partial charge in [-0.2, -0.15) is 4.98 Å². The van der Waals surface area contributed by atoms with Gasteiger partial charge in [0.05, 0.1) is 5.57 Å². The summed E-state index contributed by atoms with van der Waals surface area (Å²) in [6, 6.07) is 0. The Hall–Kier alpha value is -1.56. The second kappa shape index (κ2) is 3.30. The van der Waals surface area contributed by atoms with E-state index in [1.54, 1.807) is 13.1 Å². The Bertz CT molecular complexity index is 410. The first kappa shape index (κ1) is 9.01. The molecule has 0 amide bonds. The molecule has 0 radical (unpaired) electrons. The fourth-order valence-electron chi connectivity index (χ4n) is 1.05. The molecule has 1 aromatic heterocycles. The first-order valence-corrected chi connectivity index (χ1v) is 4.26. The third-order valence-corrected chi connectivity index (χ3v) is 1.88. The van der Waals surface area contributed by atoms with Crippen LogP contribution in [0.15, 0.2) is 15.7 Å². The van der Waals surface area contributed by atoms with Gasteiger partial charge in [-0.15, -0.1) is 0 Å². The number of hydrogen-bond acceptors (Lipinski definition) is 6. The van der Waals surface area contributed by atoms with Gasteiger partial charge in [-0.3, -0.25) is 4.42 Å². The van der Waals surface area contributed by atoms with Crippen molar-refractivity contribution in [1.29, 1.82) is 0 Å². The summed E-state index contributed by atoms with van der Waals surface area (Å²) in [5.74, 6) is 1.22. The highest BCUT2D eigenvalue weighted by Crippen LogP contribution is 2.17. The van der Waals surface area contributed by atoms with Crippen molar-refractivity contribution >= 4 is 23.2 Å². The molecule has 74 valence electrons. The van der Waals surface area contributed by atoms with Gasteiger partial charge in [-0.1, -0.05) is 5.16 Å². The monoisotopic (exact) mass is 213 g/mol. The Morgan fingerprint density at radius 3 is 3.07 bits per heavy atom. The number of hydrogen-bond donors (Lipinski definition) is 1. The summed E-state index contributed by atoms with van der Waals surface area (Å²) in [6.07, 6.45) is 1.61. The van der Waals surface area contributed by atoms with Gasteiger partial charge in [0.15, 0.2) is 5.82 Å². The van der Waals surface area contributed by atoms with Gasteiger partial charge in [0.1, 0.15) is 12.5 Å². The lowest BCUT2D eigenvalue weighted by Gasteiger charge is -2.14. The van der Waals surface area contributed by atoms with Gasteiger partial charge in [0, 0.05) is 18.0 Å². The topological polar surface area (TPSA) is 80.5 Å². The number of amidine groups is 1. The molecule has 0 saturated heterocycles. The molecule has 0 spiro atoms. The SMILES string of the molecule is Cc1noc(C2=CN(Cl)CN=C2N)n1. The van der Waals surface area contributed by atoms with Crippen molar-refractivity contribution in [2.75, 3.05) is 6.67 Å². The standard InChI is InChI=1S/C7H8ClN5O/c1-4-11-7(14-12-4)5-2-13(8)3-10-6(5)9/h2H,3H2,1H3,(H2,9,10). The van der Waals surface area contributed by atoms with Crippen LogP contribution in [0, 0.1) is 6.92 Å². The van der Waals surface area contributed by atoms with Gasteiger partial charge >= 0.3 is 0 Å². The molecule has 0 unspecified atom stereocenters. The van der Waals surface area contributed by atoms with Gasteiger partial charge in [0.2, 0.25) is 0 Å². The maximum atomic E-state index is 5.74. The maximum Gasteiger partial charge on any atom is 0.263 e. The predicted molar refractivity (Wildman–Crippen MR) is 51.2 cm³/mol. The fraction of sp³-hybridized carbons (Fsp3) is 0.286. The Balaban J connectivity index is 2.38. The van der Waals surface area contributed by atoms with E-state index in [0.717, 1.165) is 0 Å². The lowest BCUT2D eigenvalue weighted by molar-refractivity contribution is 0.403. The molecule has 6 nitrogen and oxygen atoms in total. The first-order valence-electron chi connectivity index (χ1n) is 3.92. The number of aryl methyl sites for hydroxylation is 1. The molecule has 0 bridgehead atoms. The van der Waals surface area contributed by atoms with E-state index in [-0.39, 0.29) is 0 Å². The van der Waals surface area contributed by atoms with E-state index in [4.69, 9.17) is 22.0 Å². The van der Waals surface area contributed by atoms with Crippen LogP contribution >= 0.6 is 11.8 Å². The van der Waals surface area contributed by atoms with Crippen molar-refractivity contribution in [1.82, 2.24) is 14.6 Å². The molecule has 0 atom stereocenters. The molecule has 14 heavy (non-hydrogen) atoms. The Morgan fingerprint density at radius 1 is 1.64 bits per heavy atom. The summed E-state index contributed by atoms with van der Waals surface area (Å²) in [6.45, 7) is 2.05. The van der Waals surface area contributed by atoms with Crippen molar-refractivity contribution in [3.8, 4) is 0 Å². The summed E-state index contributed by atoms with van der Waals surface area (Å²) >= 11 is 5.74. The van der Waals surface area contributed by atoms with E-state index in [1.165, 1.54) is 4.42 Å². The van der Waals surface area contributed by atoms with Gasteiger partial charge in [-0.05, 0) is 6.92 Å². The third-order valence-electron chi connectivity index (χ3n) is 1.68. The van der Waals surface area contributed by atoms with Gasteiger partial charge in [0.25, 0.3) is 5.89 Å². The van der Waals surface area contributed by atoms with Crippen LogP contribution in [0.3, 0.4) is 0 Å². The van der Waals surface area contributed by atoms with Crippen molar-refractivity contribution in [2.24, 2.45) is 10.7 Å². The molecule has 0 saturated carbocycles. The maximum absolute atomic E-state index is 5.74. The Morgan fingerprint density at radius 2 is 2.43 bits per heavy atom. The van der Waals surface area contributed by atoms with Crippen LogP contribution in [0.1, 0.15) is 11.7 Å². The van der Waals surface area contributed by atoms with E-state index in [2.05, 4.69) is 15.1 Å². The number of rotatable bonds is 1. The highest BCUT2D eigenvalue weighted by atomic mass is 35.5. The zero-order valence-corrected chi connectivity index (χ0v) is 8.19. The van der Waals surface area contributed by atoms with Crippen molar-refractivity contribution in [3.05, 3.63) is 17.9 Å². The Kier molecular flexibility index (Phi) is 2.12. The highest BCUT2D eigenvalue weighted by Gasteiger charge is 2.18. The van der Waals surface area contributed by atoms with Crippen LogP contribution in [0.25, 0.3) is 5.57 Å². The van der Waals surface area contributed by atoms with Crippen LogP contribution < -0.4 is 5.73 Å². The van der Waals surface area contributed by atoms with E-state index in [0.29, 0.717) is 29.8 Å². The zero-order valence-electron chi connectivity index (χ0n) is 7.44. The highest BCUT2D eigenvalue weighted by molar-refractivity contribution is 6.23. The Labute approximate surface area is 85.2 Å². The van der Waals surface area contributed by atoms with Crippen molar-refractivity contribution < 1.29 is 4.52 Å². The fourth-order valence-corrected chi connectivity index (χ4v) is 1.20. The molecule has 2 heterocycles. The quantitative estimate of drug-likeness (QED) is 0.688. The third kappa shape index (κ3) is 1.56. The lowest BCUT2D eigenvalue weighted by atomic mass is 10.2. The summed E-state index contributed by atoms with van der Waals surface area (Å²) in [5.41, 5.74) is 6.20. The molecule has 1 aromatic rings. The average molecular weight is 214 g/mol. The summed E-state index contributed by atoms with van der Waals surface area (Å²) in [5, 5.41) is 3.65. The molecule has 0 aliphatic carbocycles. The first-order chi connectivity index (χ1) is 6.66. The summed E-state index contributed by atoms with van der Waals surface area (Å²) in [4.78, 5) is 8.00. The normalized spacial score (nSPS) is 16.6. The van der Waals surface area contributed by atoms with Crippen LogP contribution in [-0.2, 0) is 0 Å². The molecule has 2 rings (SSSR count). The zero-order chi connectivity index (χ0) is 10.1. The molecule has 7 heteroatoms. The van der Waals surface area contributed by atoms with Gasteiger partial charge < -0.3 is 10.3 Å². The lowest BCUT2D eigenvalue weighted by Crippen LogP contribution is -2.23. The molecular weight excluding hydrogens is 206 g/mol. The number of aliphatic imine (C=N–C) groups is 1. The number of aromatic nitrogens is 2.